The maximum Gasteiger partial charge on any atom is 0.214 e. The second kappa shape index (κ2) is 7.61. The van der Waals surface area contributed by atoms with Crippen molar-refractivity contribution in [2.45, 2.75) is 39.8 Å². The van der Waals surface area contributed by atoms with Crippen molar-refractivity contribution in [2.75, 3.05) is 5.43 Å². The summed E-state index contributed by atoms with van der Waals surface area (Å²) in [7, 11) is 0. The summed E-state index contributed by atoms with van der Waals surface area (Å²) in [5.41, 5.74) is 4.32. The molecule has 0 saturated carbocycles. The van der Waals surface area contributed by atoms with Crippen LogP contribution in [0, 0.1) is 4.77 Å². The first kappa shape index (κ1) is 17.5. The largest absolute Gasteiger partial charge is 0.489 e. The Morgan fingerprint density at radius 2 is 2.14 bits per heavy atom. The van der Waals surface area contributed by atoms with Gasteiger partial charge < -0.3 is 10.2 Å². The van der Waals surface area contributed by atoms with Crippen molar-refractivity contribution in [1.29, 1.82) is 0 Å². The van der Waals surface area contributed by atoms with Crippen molar-refractivity contribution in [1.82, 2.24) is 14.9 Å². The summed E-state index contributed by atoms with van der Waals surface area (Å²) in [6.07, 6.45) is 0.885. The van der Waals surface area contributed by atoms with Crippen LogP contribution in [0.5, 0.6) is 5.75 Å². The minimum atomic E-state index is 0.0959. The second-order valence-electron chi connectivity index (χ2n) is 5.01. The van der Waals surface area contributed by atoms with Gasteiger partial charge in [-0.2, -0.15) is 5.10 Å². The molecule has 0 aliphatic rings. The molecule has 0 unspecified atom stereocenters. The molecule has 1 aromatic carbocycles. The molecule has 1 aromatic heterocycles. The average Bonchev–Trinajstić information content (AvgIpc) is 2.80. The molecule has 120 valence electrons. The van der Waals surface area contributed by atoms with E-state index in [-0.39, 0.29) is 6.10 Å². The van der Waals surface area contributed by atoms with Crippen LogP contribution in [0.25, 0.3) is 0 Å². The highest BCUT2D eigenvalue weighted by Crippen LogP contribution is 2.33. The number of H-pyrrole nitrogens is 1. The lowest BCUT2D eigenvalue weighted by Crippen LogP contribution is -2.18. The van der Waals surface area contributed by atoms with Gasteiger partial charge in [-0.25, -0.2) is 4.68 Å². The third kappa shape index (κ3) is 4.11. The predicted octanol–water partition coefficient (Wildman–Crippen LogP) is 4.56. The number of nitrogens with one attached hydrogen (secondary N) is 2. The fourth-order valence-electron chi connectivity index (χ4n) is 2.01. The Labute approximate surface area is 151 Å². The molecule has 0 aliphatic heterocycles. The topological polar surface area (TPSA) is 54.9 Å². The van der Waals surface area contributed by atoms with Crippen LogP contribution in [0.4, 0.5) is 0 Å². The van der Waals surface area contributed by atoms with Crippen molar-refractivity contribution < 1.29 is 4.74 Å². The highest BCUT2D eigenvalue weighted by molar-refractivity contribution is 9.11. The van der Waals surface area contributed by atoms with Gasteiger partial charge in [0.1, 0.15) is 5.75 Å². The molecule has 0 spiro atoms. The minimum Gasteiger partial charge on any atom is -0.489 e. The summed E-state index contributed by atoms with van der Waals surface area (Å²) in [5, 5.41) is 6.98. The van der Waals surface area contributed by atoms with Crippen LogP contribution < -0.4 is 10.2 Å². The van der Waals surface area contributed by atoms with E-state index in [1.807, 2.05) is 32.9 Å². The van der Waals surface area contributed by atoms with Gasteiger partial charge in [-0.1, -0.05) is 22.9 Å². The number of aryl methyl sites for hydroxylation is 1. The first-order valence-electron chi connectivity index (χ1n) is 6.97. The van der Waals surface area contributed by atoms with Gasteiger partial charge in [0, 0.05) is 16.5 Å². The van der Waals surface area contributed by atoms with Gasteiger partial charge >= 0.3 is 0 Å². The predicted molar refractivity (Wildman–Crippen MR) is 97.5 cm³/mol. The van der Waals surface area contributed by atoms with E-state index in [2.05, 4.69) is 47.5 Å². The van der Waals surface area contributed by atoms with Gasteiger partial charge in [0.05, 0.1) is 17.1 Å². The van der Waals surface area contributed by atoms with Gasteiger partial charge in [-0.15, -0.1) is 0 Å². The Morgan fingerprint density at radius 1 is 1.41 bits per heavy atom. The summed E-state index contributed by atoms with van der Waals surface area (Å²) in [6.45, 7) is 6.62. The fourth-order valence-corrected chi connectivity index (χ4v) is 3.63. The quantitative estimate of drug-likeness (QED) is 0.634. The van der Waals surface area contributed by atoms with E-state index in [1.54, 1.807) is 4.68 Å². The standard InChI is InChI=1S/C14H18Br2N4OS/c1-4-12-18-19-14(22)20(12)17-7-9-5-10(15)6-11(16)13(9)21-8(2)3/h5-6,8,17H,4,7H2,1-3H3,(H,19,22). The SMILES string of the molecule is CCc1n[nH]c(=S)n1NCc1cc(Br)cc(Br)c1OC(C)C. The van der Waals surface area contributed by atoms with Crippen molar-refractivity contribution in [3.8, 4) is 5.75 Å². The molecule has 2 N–H and O–H groups in total. The number of hydrogen-bond acceptors (Lipinski definition) is 4. The maximum atomic E-state index is 5.92. The van der Waals surface area contributed by atoms with Gasteiger partial charge in [0.25, 0.3) is 0 Å². The number of nitrogens with zero attached hydrogens (tertiary/aromatic N) is 2. The number of rotatable bonds is 6. The van der Waals surface area contributed by atoms with E-state index in [1.165, 1.54) is 0 Å². The van der Waals surface area contributed by atoms with E-state index in [9.17, 15) is 0 Å². The molecule has 0 saturated heterocycles. The first-order chi connectivity index (χ1) is 10.4. The zero-order valence-electron chi connectivity index (χ0n) is 12.6. The van der Waals surface area contributed by atoms with Crippen molar-refractivity contribution >= 4 is 44.1 Å². The second-order valence-corrected chi connectivity index (χ2v) is 7.17. The van der Waals surface area contributed by atoms with Gasteiger partial charge in [-0.05, 0) is 54.1 Å². The van der Waals surface area contributed by atoms with Crippen LogP contribution in [-0.4, -0.2) is 21.0 Å². The molecular weight excluding hydrogens is 432 g/mol. The highest BCUT2D eigenvalue weighted by Gasteiger charge is 2.13. The third-order valence-electron chi connectivity index (χ3n) is 2.92. The molecule has 22 heavy (non-hydrogen) atoms. The Bertz CT molecular complexity index is 711. The number of ether oxygens (including phenoxy) is 1. The van der Waals surface area contributed by atoms with E-state index >= 15 is 0 Å². The zero-order valence-corrected chi connectivity index (χ0v) is 16.6. The fraction of sp³-hybridized carbons (Fsp3) is 0.429. The molecule has 2 rings (SSSR count). The Kier molecular flexibility index (Phi) is 6.05. The normalized spacial score (nSPS) is 11.0. The molecule has 0 atom stereocenters. The molecule has 1 heterocycles. The van der Waals surface area contributed by atoms with Crippen molar-refractivity contribution in [3.05, 3.63) is 37.2 Å². The Hall–Kier alpha value is -0.860. The van der Waals surface area contributed by atoms with Crippen LogP contribution in [0.3, 0.4) is 0 Å². The molecular formula is C14H18Br2N4OS. The van der Waals surface area contributed by atoms with Crippen LogP contribution in [-0.2, 0) is 13.0 Å². The molecule has 0 fully saturated rings. The molecule has 2 aromatic rings. The number of aromatic amines is 1. The van der Waals surface area contributed by atoms with E-state index in [0.717, 1.165) is 32.5 Å². The maximum absolute atomic E-state index is 5.92. The lowest BCUT2D eigenvalue weighted by Gasteiger charge is -2.18. The summed E-state index contributed by atoms with van der Waals surface area (Å²) >= 11 is 12.3. The van der Waals surface area contributed by atoms with Crippen LogP contribution in [0.2, 0.25) is 0 Å². The first-order valence-corrected chi connectivity index (χ1v) is 8.96. The van der Waals surface area contributed by atoms with Crippen molar-refractivity contribution in [3.63, 3.8) is 0 Å². The van der Waals surface area contributed by atoms with Crippen LogP contribution in [0.15, 0.2) is 21.1 Å². The van der Waals surface area contributed by atoms with Gasteiger partial charge in [-0.3, -0.25) is 5.10 Å². The highest BCUT2D eigenvalue weighted by atomic mass is 79.9. The summed E-state index contributed by atoms with van der Waals surface area (Å²) in [6, 6.07) is 4.01. The van der Waals surface area contributed by atoms with Crippen LogP contribution in [0.1, 0.15) is 32.2 Å². The number of aromatic nitrogens is 3. The number of hydrogen-bond donors (Lipinski definition) is 2. The van der Waals surface area contributed by atoms with Gasteiger partial charge in [0.15, 0.2) is 5.82 Å². The summed E-state index contributed by atoms with van der Waals surface area (Å²) < 4.78 is 10.2. The number of halogens is 2. The monoisotopic (exact) mass is 448 g/mol. The van der Waals surface area contributed by atoms with E-state index < -0.39 is 0 Å². The molecule has 0 aliphatic carbocycles. The van der Waals surface area contributed by atoms with Gasteiger partial charge in [0.2, 0.25) is 4.77 Å². The molecule has 0 bridgehead atoms. The summed E-state index contributed by atoms with van der Waals surface area (Å²) in [4.78, 5) is 0. The van der Waals surface area contributed by atoms with Crippen LogP contribution >= 0.6 is 44.1 Å². The molecule has 0 radical (unpaired) electrons. The van der Waals surface area contributed by atoms with E-state index in [4.69, 9.17) is 17.0 Å². The Balaban J connectivity index is 2.28. The molecule has 0 amide bonds. The summed E-state index contributed by atoms with van der Waals surface area (Å²) in [5.74, 6) is 1.70. The smallest absolute Gasteiger partial charge is 0.214 e. The number of benzene rings is 1. The molecule has 8 heteroatoms. The zero-order chi connectivity index (χ0) is 16.3. The minimum absolute atomic E-state index is 0.0959. The third-order valence-corrected chi connectivity index (χ3v) is 4.25. The lowest BCUT2D eigenvalue weighted by atomic mass is 10.2. The lowest BCUT2D eigenvalue weighted by molar-refractivity contribution is 0.238. The molecule has 5 nitrogen and oxygen atoms in total. The Morgan fingerprint density at radius 3 is 2.77 bits per heavy atom. The van der Waals surface area contributed by atoms with Crippen molar-refractivity contribution in [2.24, 2.45) is 0 Å². The average molecular weight is 450 g/mol. The van der Waals surface area contributed by atoms with E-state index in [0.29, 0.717) is 11.3 Å².